The molecule has 0 aliphatic heterocycles. The number of benzene rings is 6. The molecular formula is C43H29N3O. The van der Waals surface area contributed by atoms with E-state index >= 15 is 0 Å². The molecule has 10 rings (SSSR count). The zero-order chi connectivity index (χ0) is 31.3. The maximum Gasteiger partial charge on any atom is 0.162 e. The molecule has 0 unspecified atom stereocenters. The van der Waals surface area contributed by atoms with E-state index in [1.807, 2.05) is 30.3 Å². The lowest BCUT2D eigenvalue weighted by Gasteiger charge is -2.22. The number of rotatable bonds is 3. The topological polar surface area (TPSA) is 43.9 Å². The molecule has 0 N–H and O–H groups in total. The Hall–Kier alpha value is -6.00. The number of nitrogens with zero attached hydrogens (tertiary/aromatic N) is 3. The SMILES string of the molecule is CC1(C)c2ccccc2-c2ccc3c(c21)c1ccccc1n3-c1cc(-c2cccc3c2oc2ccccc23)nc(-c2ccccc2)n1. The second-order valence-electron chi connectivity index (χ2n) is 13.0. The fraction of sp³-hybridized carbons (Fsp3) is 0.0698. The first-order chi connectivity index (χ1) is 23.1. The quantitative estimate of drug-likeness (QED) is 0.202. The van der Waals surface area contributed by atoms with Crippen LogP contribution in [0.15, 0.2) is 144 Å². The van der Waals surface area contributed by atoms with Gasteiger partial charge in [-0.2, -0.15) is 0 Å². The number of aromatic nitrogens is 3. The third-order valence-corrected chi connectivity index (χ3v) is 10.0. The zero-order valence-corrected chi connectivity index (χ0v) is 26.0. The molecule has 0 saturated carbocycles. The van der Waals surface area contributed by atoms with Crippen molar-refractivity contribution in [3.8, 4) is 39.6 Å². The van der Waals surface area contributed by atoms with Crippen LogP contribution in [-0.2, 0) is 5.41 Å². The Balaban J connectivity index is 1.30. The van der Waals surface area contributed by atoms with E-state index < -0.39 is 0 Å². The molecule has 0 amide bonds. The molecule has 3 aromatic heterocycles. The second kappa shape index (κ2) is 9.51. The van der Waals surface area contributed by atoms with Crippen molar-refractivity contribution in [2.75, 3.05) is 0 Å². The first-order valence-electron chi connectivity index (χ1n) is 16.1. The van der Waals surface area contributed by atoms with Gasteiger partial charge in [-0.15, -0.1) is 0 Å². The molecule has 9 aromatic rings. The standard InChI is InChI=1S/C43H29N3O/c1-43(2)33-20-9-6-15-27(33)29-23-24-36-39(40(29)43)32-17-7-10-21-35(32)46(36)38-25-34(44-42(45-38)26-13-4-3-5-14-26)31-19-12-18-30-28-16-8-11-22-37(28)47-41(30)31/h3-25H,1-2H3. The van der Waals surface area contributed by atoms with Gasteiger partial charge in [-0.25, -0.2) is 9.97 Å². The highest BCUT2D eigenvalue weighted by atomic mass is 16.3. The molecule has 1 aliphatic carbocycles. The van der Waals surface area contributed by atoms with E-state index in [0.717, 1.165) is 55.6 Å². The smallest absolute Gasteiger partial charge is 0.162 e. The van der Waals surface area contributed by atoms with Gasteiger partial charge in [0.15, 0.2) is 5.82 Å². The normalized spacial score (nSPS) is 13.5. The molecule has 47 heavy (non-hydrogen) atoms. The Morgan fingerprint density at radius 1 is 0.574 bits per heavy atom. The summed E-state index contributed by atoms with van der Waals surface area (Å²) in [6.45, 7) is 4.71. The molecule has 0 spiro atoms. The molecule has 1 aliphatic rings. The summed E-state index contributed by atoms with van der Waals surface area (Å²) >= 11 is 0. The molecule has 3 heterocycles. The van der Waals surface area contributed by atoms with Gasteiger partial charge < -0.3 is 4.42 Å². The molecule has 4 nitrogen and oxygen atoms in total. The molecular weight excluding hydrogens is 574 g/mol. The largest absolute Gasteiger partial charge is 0.455 e. The van der Waals surface area contributed by atoms with E-state index in [0.29, 0.717) is 5.82 Å². The molecule has 222 valence electrons. The summed E-state index contributed by atoms with van der Waals surface area (Å²) in [5, 5.41) is 4.68. The van der Waals surface area contributed by atoms with Crippen molar-refractivity contribution in [3.63, 3.8) is 0 Å². The average molecular weight is 604 g/mol. The molecule has 0 fully saturated rings. The number of fused-ring (bicyclic) bond motifs is 10. The minimum Gasteiger partial charge on any atom is -0.455 e. The Morgan fingerprint density at radius 3 is 2.19 bits per heavy atom. The summed E-state index contributed by atoms with van der Waals surface area (Å²) in [4.78, 5) is 10.5. The van der Waals surface area contributed by atoms with E-state index in [4.69, 9.17) is 14.4 Å². The van der Waals surface area contributed by atoms with Crippen LogP contribution < -0.4 is 0 Å². The summed E-state index contributed by atoms with van der Waals surface area (Å²) < 4.78 is 8.81. The fourth-order valence-corrected chi connectivity index (χ4v) is 7.93. The van der Waals surface area contributed by atoms with E-state index in [2.05, 4.69) is 128 Å². The van der Waals surface area contributed by atoms with Gasteiger partial charge in [-0.05, 0) is 46.5 Å². The maximum atomic E-state index is 6.49. The first-order valence-corrected chi connectivity index (χ1v) is 16.1. The number of para-hydroxylation sites is 3. The predicted molar refractivity (Wildman–Crippen MR) is 192 cm³/mol. The van der Waals surface area contributed by atoms with Crippen LogP contribution in [0.1, 0.15) is 25.0 Å². The highest BCUT2D eigenvalue weighted by molar-refractivity contribution is 6.14. The monoisotopic (exact) mass is 603 g/mol. The Bertz CT molecular complexity index is 2710. The first kappa shape index (κ1) is 26.2. The minimum atomic E-state index is -0.149. The van der Waals surface area contributed by atoms with Crippen molar-refractivity contribution in [3.05, 3.63) is 151 Å². The summed E-state index contributed by atoms with van der Waals surface area (Å²) in [5.41, 5.74) is 11.9. The predicted octanol–water partition coefficient (Wildman–Crippen LogP) is 11.1. The summed E-state index contributed by atoms with van der Waals surface area (Å²) in [7, 11) is 0. The van der Waals surface area contributed by atoms with Crippen molar-refractivity contribution >= 4 is 43.7 Å². The third kappa shape index (κ3) is 3.64. The van der Waals surface area contributed by atoms with Gasteiger partial charge >= 0.3 is 0 Å². The minimum absolute atomic E-state index is 0.149. The van der Waals surface area contributed by atoms with Crippen LogP contribution in [0.5, 0.6) is 0 Å². The Morgan fingerprint density at radius 2 is 1.30 bits per heavy atom. The van der Waals surface area contributed by atoms with Gasteiger partial charge in [-0.3, -0.25) is 4.57 Å². The van der Waals surface area contributed by atoms with Gasteiger partial charge in [0.1, 0.15) is 17.0 Å². The van der Waals surface area contributed by atoms with Gasteiger partial charge in [-0.1, -0.05) is 123 Å². The van der Waals surface area contributed by atoms with Crippen LogP contribution in [0.25, 0.3) is 83.3 Å². The van der Waals surface area contributed by atoms with E-state index in [1.165, 1.54) is 33.0 Å². The highest BCUT2D eigenvalue weighted by Gasteiger charge is 2.38. The van der Waals surface area contributed by atoms with Crippen LogP contribution in [0, 0.1) is 0 Å². The summed E-state index contributed by atoms with van der Waals surface area (Å²) in [6.07, 6.45) is 0. The van der Waals surface area contributed by atoms with E-state index in [1.54, 1.807) is 0 Å². The van der Waals surface area contributed by atoms with Crippen LogP contribution in [0.4, 0.5) is 0 Å². The molecule has 0 radical (unpaired) electrons. The van der Waals surface area contributed by atoms with Gasteiger partial charge in [0.2, 0.25) is 0 Å². The zero-order valence-electron chi connectivity index (χ0n) is 26.0. The lowest BCUT2D eigenvalue weighted by molar-refractivity contribution is 0.666. The lowest BCUT2D eigenvalue weighted by atomic mass is 9.80. The molecule has 6 aromatic carbocycles. The lowest BCUT2D eigenvalue weighted by Crippen LogP contribution is -2.15. The Kier molecular flexibility index (Phi) is 5.31. The van der Waals surface area contributed by atoms with Crippen molar-refractivity contribution in [1.29, 1.82) is 0 Å². The third-order valence-electron chi connectivity index (χ3n) is 10.0. The van der Waals surface area contributed by atoms with Gasteiger partial charge in [0.25, 0.3) is 0 Å². The summed E-state index contributed by atoms with van der Waals surface area (Å²) in [6, 6.07) is 49.0. The van der Waals surface area contributed by atoms with Crippen LogP contribution >= 0.6 is 0 Å². The van der Waals surface area contributed by atoms with Crippen molar-refractivity contribution in [2.45, 2.75) is 19.3 Å². The number of hydrogen-bond donors (Lipinski definition) is 0. The van der Waals surface area contributed by atoms with Crippen LogP contribution in [0.2, 0.25) is 0 Å². The van der Waals surface area contributed by atoms with Crippen molar-refractivity contribution < 1.29 is 4.42 Å². The van der Waals surface area contributed by atoms with Gasteiger partial charge in [0, 0.05) is 44.2 Å². The van der Waals surface area contributed by atoms with Crippen molar-refractivity contribution in [2.24, 2.45) is 0 Å². The maximum absolute atomic E-state index is 6.49. The summed E-state index contributed by atoms with van der Waals surface area (Å²) in [5.74, 6) is 1.49. The fourth-order valence-electron chi connectivity index (χ4n) is 7.93. The van der Waals surface area contributed by atoms with E-state index in [9.17, 15) is 0 Å². The second-order valence-corrected chi connectivity index (χ2v) is 13.0. The average Bonchev–Trinajstić information content (AvgIpc) is 3.74. The molecule has 0 atom stereocenters. The van der Waals surface area contributed by atoms with Crippen LogP contribution in [0.3, 0.4) is 0 Å². The van der Waals surface area contributed by atoms with Crippen LogP contribution in [-0.4, -0.2) is 14.5 Å². The van der Waals surface area contributed by atoms with Gasteiger partial charge in [0.05, 0.1) is 16.7 Å². The van der Waals surface area contributed by atoms with Crippen molar-refractivity contribution in [1.82, 2.24) is 14.5 Å². The molecule has 0 saturated heterocycles. The molecule has 0 bridgehead atoms. The highest BCUT2D eigenvalue weighted by Crippen LogP contribution is 2.53. The van der Waals surface area contributed by atoms with E-state index in [-0.39, 0.29) is 5.41 Å². The number of furan rings is 1. The molecule has 4 heteroatoms. The number of hydrogen-bond acceptors (Lipinski definition) is 3. The Labute approximate surface area is 271 Å².